The molecule has 3 nitrogen and oxygen atoms in total. The lowest BCUT2D eigenvalue weighted by Gasteiger charge is -2.46. The van der Waals surface area contributed by atoms with Crippen LogP contribution in [0.25, 0.3) is 16.8 Å². The Morgan fingerprint density at radius 1 is 0.825 bits per heavy atom. The van der Waals surface area contributed by atoms with Gasteiger partial charge in [0.15, 0.2) is 7.29 Å². The van der Waals surface area contributed by atoms with Crippen LogP contribution in [0.15, 0.2) is 127 Å². The molecule has 0 saturated carbocycles. The Kier molecular flexibility index (Phi) is 6.11. The topological polar surface area (TPSA) is 40.5 Å². The number of hydrogen-bond acceptors (Lipinski definition) is 2. The minimum atomic E-state index is -3.61. The first-order chi connectivity index (χ1) is 19.5. The standard InChI is InChI=1S/C35H29ClNO2P/c1-37-33(26-12-3-2-4-13-26)31-23-20-25-11-6-8-16-30(25)35(31,34(38)27-18-21-28(36)22-19-27)40(37,39)32-17-9-14-24-10-5-7-15-29(24)32/h2-23,31,33-34,38H,1H3/t31-,33+,34-,35-,40?/m0/s1. The number of rotatable bonds is 4. The van der Waals surface area contributed by atoms with Gasteiger partial charge in [0.1, 0.15) is 5.16 Å². The summed E-state index contributed by atoms with van der Waals surface area (Å²) in [5.74, 6) is -0.273. The van der Waals surface area contributed by atoms with E-state index in [1.54, 1.807) is 12.1 Å². The van der Waals surface area contributed by atoms with E-state index in [0.717, 1.165) is 32.8 Å². The molecule has 2 aliphatic rings. The molecule has 0 bridgehead atoms. The molecule has 5 atom stereocenters. The lowest BCUT2D eigenvalue weighted by molar-refractivity contribution is 0.0981. The van der Waals surface area contributed by atoms with Gasteiger partial charge < -0.3 is 9.67 Å². The molecular formula is C35H29ClNO2P. The third kappa shape index (κ3) is 3.42. The normalized spacial score (nSPS) is 26.4. The molecule has 1 heterocycles. The molecule has 5 aromatic rings. The van der Waals surface area contributed by atoms with Crippen molar-refractivity contribution in [1.29, 1.82) is 0 Å². The van der Waals surface area contributed by atoms with Crippen molar-refractivity contribution in [2.24, 2.45) is 5.92 Å². The maximum Gasteiger partial charge on any atom is 0.193 e. The minimum absolute atomic E-state index is 0.224. The Labute approximate surface area is 239 Å². The Bertz CT molecular complexity index is 1800. The SMILES string of the molecule is CN1[C@H](c2ccccc2)[C@@H]2C=Cc3ccccc3[C@]2([C@@H](O)c2ccc(Cl)cc2)P1(=O)c1cccc2ccccc12. The molecule has 1 N–H and O–H groups in total. The van der Waals surface area contributed by atoms with Crippen LogP contribution in [-0.4, -0.2) is 16.8 Å². The van der Waals surface area contributed by atoms with Crippen molar-refractivity contribution >= 4 is 41.0 Å². The number of fused-ring (bicyclic) bond motifs is 4. The summed E-state index contributed by atoms with van der Waals surface area (Å²) in [5.41, 5.74) is 3.66. The zero-order chi connectivity index (χ0) is 27.5. The van der Waals surface area contributed by atoms with Crippen LogP contribution in [0.3, 0.4) is 0 Å². The second-order valence-electron chi connectivity index (χ2n) is 10.8. The van der Waals surface area contributed by atoms with Gasteiger partial charge in [-0.25, -0.2) is 4.67 Å². The Hall–Kier alpha value is -3.46. The van der Waals surface area contributed by atoms with Crippen LogP contribution < -0.4 is 5.30 Å². The van der Waals surface area contributed by atoms with Crippen LogP contribution in [0.5, 0.6) is 0 Å². The van der Waals surface area contributed by atoms with E-state index in [4.69, 9.17) is 11.6 Å². The van der Waals surface area contributed by atoms with Crippen LogP contribution in [0.1, 0.15) is 34.4 Å². The van der Waals surface area contributed by atoms with Crippen molar-refractivity contribution in [3.8, 4) is 0 Å². The van der Waals surface area contributed by atoms with Crippen molar-refractivity contribution < 1.29 is 9.67 Å². The second-order valence-corrected chi connectivity index (χ2v) is 14.2. The molecular weight excluding hydrogens is 533 g/mol. The molecule has 7 rings (SSSR count). The summed E-state index contributed by atoms with van der Waals surface area (Å²) in [5, 5.41) is 14.9. The van der Waals surface area contributed by atoms with E-state index in [-0.39, 0.29) is 12.0 Å². The fourth-order valence-corrected chi connectivity index (χ4v) is 11.7. The maximum atomic E-state index is 16.6. The lowest BCUT2D eigenvalue weighted by Crippen LogP contribution is -2.42. The highest BCUT2D eigenvalue weighted by Gasteiger charge is 2.70. The molecule has 0 aromatic heterocycles. The summed E-state index contributed by atoms with van der Waals surface area (Å²) >= 11 is 6.28. The Morgan fingerprint density at radius 2 is 1.50 bits per heavy atom. The molecule has 0 spiro atoms. The highest BCUT2D eigenvalue weighted by atomic mass is 35.5. The molecule has 5 heteroatoms. The fourth-order valence-electron chi connectivity index (χ4n) is 7.23. The molecule has 1 unspecified atom stereocenters. The van der Waals surface area contributed by atoms with Crippen molar-refractivity contribution in [2.75, 3.05) is 7.05 Å². The number of aliphatic hydroxyl groups is 1. The number of nitrogens with zero attached hydrogens (tertiary/aromatic N) is 1. The zero-order valence-electron chi connectivity index (χ0n) is 22.1. The molecule has 1 aliphatic carbocycles. The molecule has 0 amide bonds. The van der Waals surface area contributed by atoms with Gasteiger partial charge in [-0.1, -0.05) is 127 Å². The van der Waals surface area contributed by atoms with E-state index in [1.165, 1.54) is 0 Å². The highest BCUT2D eigenvalue weighted by molar-refractivity contribution is 7.71. The van der Waals surface area contributed by atoms with E-state index in [1.807, 2.05) is 73.8 Å². The van der Waals surface area contributed by atoms with Crippen LogP contribution in [0.4, 0.5) is 0 Å². The van der Waals surface area contributed by atoms with Crippen LogP contribution in [0, 0.1) is 5.92 Å². The number of halogens is 1. The van der Waals surface area contributed by atoms with Gasteiger partial charge >= 0.3 is 0 Å². The largest absolute Gasteiger partial charge is 0.387 e. The smallest absolute Gasteiger partial charge is 0.193 e. The molecule has 1 aliphatic heterocycles. The van der Waals surface area contributed by atoms with Gasteiger partial charge in [-0.2, -0.15) is 0 Å². The van der Waals surface area contributed by atoms with Gasteiger partial charge in [-0.3, -0.25) is 0 Å². The molecule has 40 heavy (non-hydrogen) atoms. The lowest BCUT2D eigenvalue weighted by atomic mass is 9.69. The number of aliphatic hydroxyl groups excluding tert-OH is 1. The van der Waals surface area contributed by atoms with Crippen LogP contribution in [-0.2, 0) is 9.72 Å². The van der Waals surface area contributed by atoms with E-state index in [9.17, 15) is 5.11 Å². The number of benzene rings is 5. The second kappa shape index (κ2) is 9.58. The number of hydrogen-bond donors (Lipinski definition) is 1. The minimum Gasteiger partial charge on any atom is -0.387 e. The summed E-state index contributed by atoms with van der Waals surface area (Å²) in [6.07, 6.45) is 3.25. The van der Waals surface area contributed by atoms with Gasteiger partial charge in [-0.05, 0) is 58.3 Å². The van der Waals surface area contributed by atoms with Crippen molar-refractivity contribution in [1.82, 2.24) is 4.67 Å². The first-order valence-corrected chi connectivity index (χ1v) is 15.6. The van der Waals surface area contributed by atoms with Crippen LogP contribution >= 0.6 is 18.9 Å². The summed E-state index contributed by atoms with van der Waals surface area (Å²) < 4.78 is 18.7. The van der Waals surface area contributed by atoms with Crippen LogP contribution in [0.2, 0.25) is 5.02 Å². The summed E-state index contributed by atoms with van der Waals surface area (Å²) in [6, 6.07) is 39.7. The van der Waals surface area contributed by atoms with E-state index in [0.29, 0.717) is 10.6 Å². The molecule has 1 saturated heterocycles. The third-order valence-corrected chi connectivity index (χ3v) is 13.1. The third-order valence-electron chi connectivity index (χ3n) is 8.91. The summed E-state index contributed by atoms with van der Waals surface area (Å²) in [4.78, 5) is 0. The zero-order valence-corrected chi connectivity index (χ0v) is 23.7. The quantitative estimate of drug-likeness (QED) is 0.224. The fraction of sp³-hybridized carbons (Fsp3) is 0.143. The first-order valence-electron chi connectivity index (χ1n) is 13.6. The van der Waals surface area contributed by atoms with Gasteiger partial charge in [0.25, 0.3) is 0 Å². The maximum absolute atomic E-state index is 16.6. The van der Waals surface area contributed by atoms with Crippen molar-refractivity contribution in [3.05, 3.63) is 155 Å². The average Bonchev–Trinajstić information content (AvgIpc) is 3.21. The van der Waals surface area contributed by atoms with Crippen molar-refractivity contribution in [2.45, 2.75) is 17.3 Å². The molecule has 1 fully saturated rings. The predicted molar refractivity (Wildman–Crippen MR) is 165 cm³/mol. The predicted octanol–water partition coefficient (Wildman–Crippen LogP) is 8.36. The average molecular weight is 562 g/mol. The Morgan fingerprint density at radius 3 is 2.30 bits per heavy atom. The summed E-state index contributed by atoms with van der Waals surface area (Å²) in [7, 11) is -1.63. The molecule has 198 valence electrons. The highest BCUT2D eigenvalue weighted by Crippen LogP contribution is 2.81. The van der Waals surface area contributed by atoms with Gasteiger partial charge in [0.2, 0.25) is 0 Å². The molecule has 0 radical (unpaired) electrons. The Balaban J connectivity index is 1.63. The van der Waals surface area contributed by atoms with E-state index < -0.39 is 18.6 Å². The molecule has 5 aromatic carbocycles. The first kappa shape index (κ1) is 25.5. The van der Waals surface area contributed by atoms with E-state index in [2.05, 4.69) is 59.3 Å². The van der Waals surface area contributed by atoms with Gasteiger partial charge in [0, 0.05) is 22.3 Å². The van der Waals surface area contributed by atoms with Crippen molar-refractivity contribution in [3.63, 3.8) is 0 Å². The van der Waals surface area contributed by atoms with Gasteiger partial charge in [-0.15, -0.1) is 0 Å². The van der Waals surface area contributed by atoms with E-state index >= 15 is 4.57 Å². The monoisotopic (exact) mass is 561 g/mol. The summed E-state index contributed by atoms with van der Waals surface area (Å²) in [6.45, 7) is 0. The van der Waals surface area contributed by atoms with Gasteiger partial charge in [0.05, 0.1) is 6.10 Å².